The van der Waals surface area contributed by atoms with E-state index in [0.717, 1.165) is 35.1 Å². The lowest BCUT2D eigenvalue weighted by Gasteiger charge is -2.16. The molecule has 0 spiro atoms. The SMILES string of the molecule is COc1cccc(CNCCCSc2nnnn2-c2ccccc2)c1OCc1ccc(F)cc1Cl. The van der Waals surface area contributed by atoms with E-state index in [9.17, 15) is 4.39 Å². The Labute approximate surface area is 212 Å². The van der Waals surface area contributed by atoms with Gasteiger partial charge in [-0.15, -0.1) is 5.10 Å². The van der Waals surface area contributed by atoms with Crippen molar-refractivity contribution in [2.75, 3.05) is 19.4 Å². The van der Waals surface area contributed by atoms with E-state index >= 15 is 0 Å². The summed E-state index contributed by atoms with van der Waals surface area (Å²) in [7, 11) is 1.60. The highest BCUT2D eigenvalue weighted by Gasteiger charge is 2.13. The van der Waals surface area contributed by atoms with Crippen LogP contribution in [0.15, 0.2) is 71.9 Å². The Kier molecular flexibility index (Phi) is 8.94. The number of aromatic nitrogens is 4. The fourth-order valence-electron chi connectivity index (χ4n) is 3.40. The first-order valence-electron chi connectivity index (χ1n) is 11.1. The van der Waals surface area contributed by atoms with E-state index in [0.29, 0.717) is 28.6 Å². The fraction of sp³-hybridized carbons (Fsp3) is 0.240. The molecule has 7 nitrogen and oxygen atoms in total. The Morgan fingerprint density at radius 1 is 1.06 bits per heavy atom. The van der Waals surface area contributed by atoms with Gasteiger partial charge in [0.15, 0.2) is 11.5 Å². The van der Waals surface area contributed by atoms with Crippen LogP contribution in [-0.4, -0.2) is 39.6 Å². The molecule has 0 aliphatic carbocycles. The van der Waals surface area contributed by atoms with Crippen LogP contribution in [0.2, 0.25) is 5.02 Å². The first-order valence-corrected chi connectivity index (χ1v) is 12.4. The van der Waals surface area contributed by atoms with E-state index < -0.39 is 0 Å². The number of ether oxygens (including phenoxy) is 2. The number of benzene rings is 3. The zero-order valence-electron chi connectivity index (χ0n) is 19.2. The summed E-state index contributed by atoms with van der Waals surface area (Å²) in [5, 5.41) is 16.6. The third kappa shape index (κ3) is 6.72. The van der Waals surface area contributed by atoms with Crippen LogP contribution in [0.1, 0.15) is 17.5 Å². The second kappa shape index (κ2) is 12.5. The molecule has 0 atom stereocenters. The van der Waals surface area contributed by atoms with Crippen molar-refractivity contribution >= 4 is 23.4 Å². The zero-order valence-corrected chi connectivity index (χ0v) is 20.7. The van der Waals surface area contributed by atoms with Crippen molar-refractivity contribution < 1.29 is 13.9 Å². The Bertz CT molecular complexity index is 1240. The highest BCUT2D eigenvalue weighted by Crippen LogP contribution is 2.32. The maximum absolute atomic E-state index is 13.3. The molecule has 4 rings (SSSR count). The number of halogens is 2. The Morgan fingerprint density at radius 2 is 1.91 bits per heavy atom. The quantitative estimate of drug-likeness (QED) is 0.203. The number of nitrogens with one attached hydrogen (secondary N) is 1. The van der Waals surface area contributed by atoms with Crippen molar-refractivity contribution in [1.82, 2.24) is 25.5 Å². The zero-order chi connectivity index (χ0) is 24.5. The number of tetrazole rings is 1. The second-order valence-electron chi connectivity index (χ2n) is 7.56. The molecule has 0 bridgehead atoms. The molecule has 3 aromatic carbocycles. The average Bonchev–Trinajstić information content (AvgIpc) is 3.35. The van der Waals surface area contributed by atoms with Gasteiger partial charge < -0.3 is 14.8 Å². The molecule has 0 radical (unpaired) electrons. The van der Waals surface area contributed by atoms with Gasteiger partial charge in [-0.25, -0.2) is 4.39 Å². The summed E-state index contributed by atoms with van der Waals surface area (Å²) in [4.78, 5) is 0. The molecule has 10 heteroatoms. The van der Waals surface area contributed by atoms with E-state index in [1.807, 2.05) is 48.5 Å². The molecule has 4 aromatic rings. The Hall–Kier alpha value is -3.14. The molecule has 0 aliphatic heterocycles. The van der Waals surface area contributed by atoms with Crippen LogP contribution in [0.25, 0.3) is 5.69 Å². The highest BCUT2D eigenvalue weighted by atomic mass is 35.5. The normalized spacial score (nSPS) is 10.9. The van der Waals surface area contributed by atoms with Gasteiger partial charge in [0, 0.05) is 23.4 Å². The molecule has 0 unspecified atom stereocenters. The molecule has 0 amide bonds. The first kappa shape index (κ1) is 25.0. The molecular weight excluding hydrogens is 489 g/mol. The summed E-state index contributed by atoms with van der Waals surface area (Å²) in [5.74, 6) is 1.76. The number of rotatable bonds is 12. The molecule has 0 saturated carbocycles. The van der Waals surface area contributed by atoms with Gasteiger partial charge in [0.1, 0.15) is 12.4 Å². The first-order chi connectivity index (χ1) is 17.2. The predicted octanol–water partition coefficient (Wildman–Crippen LogP) is 5.31. The summed E-state index contributed by atoms with van der Waals surface area (Å²) >= 11 is 7.76. The van der Waals surface area contributed by atoms with Crippen molar-refractivity contribution in [2.45, 2.75) is 24.7 Å². The standard InChI is InChI=1S/C25H25ClFN5O2S/c1-33-23-10-5-7-18(24(23)34-17-19-11-12-20(27)15-22(19)26)16-28-13-6-14-35-25-29-30-31-32(25)21-8-3-2-4-9-21/h2-5,7-12,15,28H,6,13-14,16-17H2,1H3. The number of hydrogen-bond donors (Lipinski definition) is 1. The molecule has 1 aromatic heterocycles. The van der Waals surface area contributed by atoms with E-state index in [2.05, 4.69) is 20.8 Å². The van der Waals surface area contributed by atoms with Gasteiger partial charge in [-0.05, 0) is 53.7 Å². The average molecular weight is 514 g/mol. The number of nitrogens with zero attached hydrogens (tertiary/aromatic N) is 4. The van der Waals surface area contributed by atoms with Crippen molar-refractivity contribution in [3.8, 4) is 17.2 Å². The Morgan fingerprint density at radius 3 is 2.71 bits per heavy atom. The maximum Gasteiger partial charge on any atom is 0.214 e. The fourth-order valence-corrected chi connectivity index (χ4v) is 4.45. The molecule has 1 N–H and O–H groups in total. The van der Waals surface area contributed by atoms with Gasteiger partial charge in [-0.1, -0.05) is 59.8 Å². The van der Waals surface area contributed by atoms with Crippen molar-refractivity contribution in [3.63, 3.8) is 0 Å². The lowest BCUT2D eigenvalue weighted by atomic mass is 10.1. The second-order valence-corrected chi connectivity index (χ2v) is 9.03. The molecule has 35 heavy (non-hydrogen) atoms. The number of thioether (sulfide) groups is 1. The van der Waals surface area contributed by atoms with Crippen LogP contribution in [0.4, 0.5) is 4.39 Å². The summed E-state index contributed by atoms with van der Waals surface area (Å²) in [6.07, 6.45) is 0.928. The van der Waals surface area contributed by atoms with E-state index in [1.54, 1.807) is 29.6 Å². The van der Waals surface area contributed by atoms with E-state index in [1.165, 1.54) is 12.1 Å². The lowest BCUT2D eigenvalue weighted by molar-refractivity contribution is 0.280. The molecule has 182 valence electrons. The monoisotopic (exact) mass is 513 g/mol. The molecule has 0 saturated heterocycles. The van der Waals surface area contributed by atoms with Crippen LogP contribution in [-0.2, 0) is 13.2 Å². The van der Waals surface area contributed by atoms with Crippen LogP contribution in [0.3, 0.4) is 0 Å². The van der Waals surface area contributed by atoms with Crippen molar-refractivity contribution in [1.29, 1.82) is 0 Å². The Balaban J connectivity index is 1.28. The summed E-state index contributed by atoms with van der Waals surface area (Å²) < 4.78 is 26.6. The molecule has 0 fully saturated rings. The number of para-hydroxylation sites is 2. The van der Waals surface area contributed by atoms with Crippen LogP contribution >= 0.6 is 23.4 Å². The number of hydrogen-bond acceptors (Lipinski definition) is 7. The third-order valence-electron chi connectivity index (χ3n) is 5.15. The van der Waals surface area contributed by atoms with Crippen LogP contribution < -0.4 is 14.8 Å². The van der Waals surface area contributed by atoms with E-state index in [4.69, 9.17) is 21.1 Å². The largest absolute Gasteiger partial charge is 0.493 e. The third-order valence-corrected chi connectivity index (χ3v) is 6.51. The van der Waals surface area contributed by atoms with Crippen LogP contribution in [0, 0.1) is 5.82 Å². The molecular formula is C25H25ClFN5O2S. The summed E-state index contributed by atoms with van der Waals surface area (Å²) in [6.45, 7) is 1.62. The van der Waals surface area contributed by atoms with Gasteiger partial charge in [0.05, 0.1) is 17.8 Å². The van der Waals surface area contributed by atoms with Crippen molar-refractivity contribution in [2.24, 2.45) is 0 Å². The topological polar surface area (TPSA) is 74.1 Å². The maximum atomic E-state index is 13.3. The summed E-state index contributed by atoms with van der Waals surface area (Å²) in [5.41, 5.74) is 2.60. The van der Waals surface area contributed by atoms with Gasteiger partial charge >= 0.3 is 0 Å². The molecule has 0 aliphatic rings. The predicted molar refractivity (Wildman–Crippen MR) is 135 cm³/mol. The minimum Gasteiger partial charge on any atom is -0.493 e. The van der Waals surface area contributed by atoms with Gasteiger partial charge in [-0.3, -0.25) is 0 Å². The molecule has 1 heterocycles. The minimum atomic E-state index is -0.379. The highest BCUT2D eigenvalue weighted by molar-refractivity contribution is 7.99. The van der Waals surface area contributed by atoms with Gasteiger partial charge in [0.25, 0.3) is 0 Å². The van der Waals surface area contributed by atoms with Crippen LogP contribution in [0.5, 0.6) is 11.5 Å². The van der Waals surface area contributed by atoms with Gasteiger partial charge in [-0.2, -0.15) is 4.68 Å². The summed E-state index contributed by atoms with van der Waals surface area (Å²) in [6, 6.07) is 19.8. The van der Waals surface area contributed by atoms with Gasteiger partial charge in [0.2, 0.25) is 5.16 Å². The lowest BCUT2D eigenvalue weighted by Crippen LogP contribution is -2.16. The minimum absolute atomic E-state index is 0.208. The smallest absolute Gasteiger partial charge is 0.214 e. The number of methoxy groups -OCH3 is 1. The van der Waals surface area contributed by atoms with E-state index in [-0.39, 0.29) is 12.4 Å². The van der Waals surface area contributed by atoms with Crippen molar-refractivity contribution in [3.05, 3.63) is 88.7 Å².